The van der Waals surface area contributed by atoms with Crippen molar-refractivity contribution >= 4 is 23.7 Å². The van der Waals surface area contributed by atoms with E-state index in [0.717, 1.165) is 28.7 Å². The van der Waals surface area contributed by atoms with E-state index in [9.17, 15) is 24.9 Å². The van der Waals surface area contributed by atoms with Crippen LogP contribution in [0.3, 0.4) is 0 Å². The smallest absolute Gasteiger partial charge is 0.331 e. The van der Waals surface area contributed by atoms with Gasteiger partial charge in [-0.05, 0) is 87.0 Å². The zero-order valence-electron chi connectivity index (χ0n) is 32.0. The van der Waals surface area contributed by atoms with Crippen LogP contribution in [0.25, 0.3) is 0 Å². The second kappa shape index (κ2) is 12.9. The fourth-order valence-corrected chi connectivity index (χ4v) is 12.1. The number of likely N-dealkylation sites (N-methyl/N-ethyl adjacent to an activating group) is 1. The molecule has 13 nitrogen and oxygen atoms in total. The number of piperazine rings is 1. The molecule has 292 valence electrons. The van der Waals surface area contributed by atoms with E-state index >= 15 is 0 Å². The summed E-state index contributed by atoms with van der Waals surface area (Å²) in [6.07, 6.45) is 0.788. The van der Waals surface area contributed by atoms with Gasteiger partial charge in [0, 0.05) is 47.0 Å². The lowest BCUT2D eigenvalue weighted by Crippen LogP contribution is -2.70. The zero-order valence-corrected chi connectivity index (χ0v) is 32.8. The molecule has 0 amide bonds. The van der Waals surface area contributed by atoms with Crippen molar-refractivity contribution in [1.82, 2.24) is 15.1 Å². The van der Waals surface area contributed by atoms with Crippen LogP contribution in [-0.2, 0) is 32.7 Å². The highest BCUT2D eigenvalue weighted by molar-refractivity contribution is 7.99. The van der Waals surface area contributed by atoms with Gasteiger partial charge >= 0.3 is 11.9 Å². The number of aliphatic hydroxyl groups excluding tert-OH is 1. The summed E-state index contributed by atoms with van der Waals surface area (Å²) in [5.74, 6) is 1.10. The van der Waals surface area contributed by atoms with Gasteiger partial charge in [0.05, 0.1) is 30.5 Å². The van der Waals surface area contributed by atoms with E-state index in [0.29, 0.717) is 63.7 Å². The van der Waals surface area contributed by atoms with Gasteiger partial charge in [-0.25, -0.2) is 4.79 Å². The zero-order chi connectivity index (χ0) is 38.8. The quantitative estimate of drug-likeness (QED) is 0.218. The number of fused-ring (bicyclic) bond motifs is 9. The number of esters is 2. The van der Waals surface area contributed by atoms with E-state index in [1.165, 1.54) is 18.7 Å². The molecule has 4 bridgehead atoms. The SMILES string of the molecule is CCC1Cc2cc(O)c(C)cc2[C@@]2(CS[C@@H]3c4c(OC(C)=O)c(C)c5c(c4[C@@H](COC2=O)N2C3[C@H]3c4c(cc(C)c(OC)c4O)C[C@@H]([C@@H]2O)N3C)OCO5)N1. The molecule has 7 aliphatic rings. The molecule has 4 N–H and O–H groups in total. The van der Waals surface area contributed by atoms with Gasteiger partial charge in [-0.1, -0.05) is 13.0 Å². The highest BCUT2D eigenvalue weighted by Gasteiger charge is 2.61. The molecule has 55 heavy (non-hydrogen) atoms. The number of aryl methyl sites for hydroxylation is 2. The Balaban J connectivity index is 1.33. The molecule has 0 aromatic heterocycles. The maximum absolute atomic E-state index is 14.9. The highest BCUT2D eigenvalue weighted by Crippen LogP contribution is 2.64. The molecule has 3 aromatic rings. The maximum Gasteiger partial charge on any atom is 0.331 e. The van der Waals surface area contributed by atoms with Crippen molar-refractivity contribution < 1.29 is 48.6 Å². The lowest BCUT2D eigenvalue weighted by Gasteiger charge is -2.62. The minimum absolute atomic E-state index is 0.0504. The Morgan fingerprint density at radius 2 is 1.78 bits per heavy atom. The predicted molar refractivity (Wildman–Crippen MR) is 202 cm³/mol. The topological polar surface area (TPSA) is 159 Å². The summed E-state index contributed by atoms with van der Waals surface area (Å²) >= 11 is 1.51. The van der Waals surface area contributed by atoms with Gasteiger partial charge in [-0.3, -0.25) is 19.9 Å². The molecule has 2 saturated heterocycles. The Bertz CT molecular complexity index is 2160. The average molecular weight is 774 g/mol. The molecule has 10 rings (SSSR count). The molecule has 14 heteroatoms. The van der Waals surface area contributed by atoms with Gasteiger partial charge in [0.25, 0.3) is 0 Å². The summed E-state index contributed by atoms with van der Waals surface area (Å²) in [5.41, 5.74) is 5.35. The number of methoxy groups -OCH3 is 1. The van der Waals surface area contributed by atoms with E-state index < -0.39 is 47.1 Å². The van der Waals surface area contributed by atoms with Crippen LogP contribution in [0.1, 0.15) is 87.7 Å². The average Bonchev–Trinajstić information content (AvgIpc) is 3.64. The molecule has 8 atom stereocenters. The molecule has 3 aromatic carbocycles. The van der Waals surface area contributed by atoms with Crippen molar-refractivity contribution in [3.8, 4) is 34.5 Å². The Morgan fingerprint density at radius 3 is 2.51 bits per heavy atom. The predicted octanol–water partition coefficient (Wildman–Crippen LogP) is 4.49. The van der Waals surface area contributed by atoms with Crippen molar-refractivity contribution in [1.29, 1.82) is 0 Å². The number of hydrogen-bond acceptors (Lipinski definition) is 14. The number of phenols is 2. The standard InChI is InChI=1S/C41H47N3O10S/c1-8-23-11-21-13-27(46)17(2)10-24(21)41(42-23)15-55-38-30-29(37-36(52-16-53-37)19(4)35(30)54-20(5)45)26(14-51-40(41)49)44-32(38)31-28-22(12-25(39(44)48)43(31)6)9-18(3)34(50-7)33(28)47/h9-10,13,23,25-26,31-32,38-39,42,46-48H,8,11-12,14-16H2,1-7H3/t23?,25-,26+,31+,32?,38+,39-,41+/m0/s1. The summed E-state index contributed by atoms with van der Waals surface area (Å²) in [6, 6.07) is 3.44. The molecular weight excluding hydrogens is 727 g/mol. The number of rotatable bonds is 3. The van der Waals surface area contributed by atoms with Crippen LogP contribution in [0, 0.1) is 20.8 Å². The third-order valence-electron chi connectivity index (χ3n) is 12.9. The highest BCUT2D eigenvalue weighted by atomic mass is 32.2. The van der Waals surface area contributed by atoms with E-state index in [4.69, 9.17) is 23.7 Å². The maximum atomic E-state index is 14.9. The number of carbonyl (C=O) groups is 2. The van der Waals surface area contributed by atoms with E-state index in [1.807, 2.05) is 44.9 Å². The number of hydrogen-bond donors (Lipinski definition) is 4. The van der Waals surface area contributed by atoms with Gasteiger partial charge < -0.3 is 39.0 Å². The molecule has 2 unspecified atom stereocenters. The van der Waals surface area contributed by atoms with Crippen LogP contribution in [0.5, 0.6) is 34.5 Å². The molecule has 1 spiro atoms. The fourth-order valence-electron chi connectivity index (χ4n) is 10.4. The first-order valence-electron chi connectivity index (χ1n) is 18.9. The number of phenolic OH excluding ortho intramolecular Hbond substituents is 2. The van der Waals surface area contributed by atoms with Crippen molar-refractivity contribution in [3.05, 3.63) is 68.3 Å². The van der Waals surface area contributed by atoms with Crippen molar-refractivity contribution in [2.45, 2.75) is 101 Å². The van der Waals surface area contributed by atoms with Crippen LogP contribution >= 0.6 is 11.8 Å². The largest absolute Gasteiger partial charge is 0.508 e. The Hall–Kier alpha value is -4.21. The number of carbonyl (C=O) groups excluding carboxylic acids is 2. The Labute approximate surface area is 323 Å². The Morgan fingerprint density at radius 1 is 1.02 bits per heavy atom. The van der Waals surface area contributed by atoms with Gasteiger partial charge in [0.2, 0.25) is 6.79 Å². The lowest BCUT2D eigenvalue weighted by molar-refractivity contribution is -0.186. The first-order valence-corrected chi connectivity index (χ1v) is 20.0. The van der Waals surface area contributed by atoms with Crippen LogP contribution in [-0.4, -0.2) is 94.7 Å². The summed E-state index contributed by atoms with van der Waals surface area (Å²) in [6.45, 7) is 8.78. The number of ether oxygens (including phenoxy) is 5. The monoisotopic (exact) mass is 773 g/mol. The summed E-state index contributed by atoms with van der Waals surface area (Å²) in [4.78, 5) is 32.0. The van der Waals surface area contributed by atoms with E-state index in [1.54, 1.807) is 13.2 Å². The number of nitrogens with one attached hydrogen (secondary N) is 1. The molecular formula is C41H47N3O10S. The number of aliphatic hydroxyl groups is 1. The summed E-state index contributed by atoms with van der Waals surface area (Å²) in [7, 11) is 3.52. The molecule has 7 heterocycles. The third kappa shape index (κ3) is 5.07. The lowest BCUT2D eigenvalue weighted by atomic mass is 9.73. The van der Waals surface area contributed by atoms with Crippen LogP contribution in [0.2, 0.25) is 0 Å². The third-order valence-corrected chi connectivity index (χ3v) is 14.3. The van der Waals surface area contributed by atoms with Crippen LogP contribution in [0.4, 0.5) is 0 Å². The second-order valence-corrected chi connectivity index (χ2v) is 17.0. The van der Waals surface area contributed by atoms with Crippen molar-refractivity contribution in [2.75, 3.05) is 33.3 Å². The van der Waals surface area contributed by atoms with E-state index in [-0.39, 0.29) is 42.7 Å². The van der Waals surface area contributed by atoms with Gasteiger partial charge in [-0.15, -0.1) is 11.8 Å². The minimum Gasteiger partial charge on any atom is -0.508 e. The van der Waals surface area contributed by atoms with Gasteiger partial charge in [0.1, 0.15) is 24.3 Å². The number of thioether (sulfide) groups is 1. The van der Waals surface area contributed by atoms with Gasteiger partial charge in [0.15, 0.2) is 28.5 Å². The van der Waals surface area contributed by atoms with E-state index in [2.05, 4.69) is 17.1 Å². The molecule has 0 radical (unpaired) electrons. The molecule has 2 fully saturated rings. The summed E-state index contributed by atoms with van der Waals surface area (Å²) in [5, 5.41) is 38.6. The minimum atomic E-state index is -1.30. The summed E-state index contributed by atoms with van der Waals surface area (Å²) < 4.78 is 30.6. The number of nitrogens with zero attached hydrogens (tertiary/aromatic N) is 2. The fraction of sp³-hybridized carbons (Fsp3) is 0.512. The number of benzene rings is 3. The van der Waals surface area contributed by atoms with Crippen molar-refractivity contribution in [2.24, 2.45) is 0 Å². The van der Waals surface area contributed by atoms with Gasteiger partial charge in [-0.2, -0.15) is 0 Å². The second-order valence-electron chi connectivity index (χ2n) is 15.8. The normalized spacial score (nSPS) is 30.5. The molecule has 7 aliphatic heterocycles. The first kappa shape index (κ1) is 36.4. The molecule has 0 saturated carbocycles. The molecule has 0 aliphatic carbocycles. The van der Waals surface area contributed by atoms with Crippen molar-refractivity contribution in [3.63, 3.8) is 0 Å². The Kier molecular flexibility index (Phi) is 8.56. The van der Waals surface area contributed by atoms with Crippen LogP contribution < -0.4 is 24.3 Å². The first-order chi connectivity index (χ1) is 26.3. The van der Waals surface area contributed by atoms with Crippen LogP contribution in [0.15, 0.2) is 18.2 Å². The number of aromatic hydroxyl groups is 2.